The highest BCUT2D eigenvalue weighted by atomic mass is 16.3. The van der Waals surface area contributed by atoms with Gasteiger partial charge in [0, 0.05) is 18.9 Å². The second-order valence-electron chi connectivity index (χ2n) is 16.6. The highest BCUT2D eigenvalue weighted by molar-refractivity contribution is 5.84. The summed E-state index contributed by atoms with van der Waals surface area (Å²) < 4.78 is 0. The van der Waals surface area contributed by atoms with Crippen molar-refractivity contribution in [3.63, 3.8) is 0 Å². The molecule has 0 saturated heterocycles. The molecule has 1 aromatic rings. The molecule has 0 aromatic carbocycles. The van der Waals surface area contributed by atoms with Crippen LogP contribution in [0.1, 0.15) is 111 Å². The summed E-state index contributed by atoms with van der Waals surface area (Å²) in [6.45, 7) is 20.0. The smallest absolute Gasteiger partial charge is 0.226 e. The number of pyridine rings is 1. The van der Waals surface area contributed by atoms with Gasteiger partial charge < -0.3 is 10.4 Å². The van der Waals surface area contributed by atoms with Crippen LogP contribution in [0.2, 0.25) is 0 Å². The molecule has 5 aliphatic rings. The van der Waals surface area contributed by atoms with E-state index in [0.29, 0.717) is 42.0 Å². The molecule has 1 amide bonds. The van der Waals surface area contributed by atoms with E-state index in [1.165, 1.54) is 36.8 Å². The lowest BCUT2D eigenvalue weighted by Crippen LogP contribution is -2.67. The molecule has 1 aromatic heterocycles. The van der Waals surface area contributed by atoms with Crippen molar-refractivity contribution in [3.8, 4) is 0 Å². The number of hydrogen-bond acceptors (Lipinski definition) is 3. The molecule has 0 spiro atoms. The summed E-state index contributed by atoms with van der Waals surface area (Å²) in [6, 6.07) is 4.07. The van der Waals surface area contributed by atoms with Crippen molar-refractivity contribution < 1.29 is 9.90 Å². The third-order valence-electron chi connectivity index (χ3n) is 14.9. The molecule has 6 rings (SSSR count). The van der Waals surface area contributed by atoms with Gasteiger partial charge in [-0.15, -0.1) is 0 Å². The van der Waals surface area contributed by atoms with Crippen molar-refractivity contribution >= 4 is 5.91 Å². The molecule has 0 unspecified atom stereocenters. The minimum absolute atomic E-state index is 0.0157. The lowest BCUT2D eigenvalue weighted by atomic mass is 9.32. The molecule has 0 radical (unpaired) electrons. The fourth-order valence-corrected chi connectivity index (χ4v) is 12.6. The number of allylic oxidation sites excluding steroid dienone is 1. The quantitative estimate of drug-likeness (QED) is 0.362. The van der Waals surface area contributed by atoms with Crippen LogP contribution in [0, 0.1) is 56.7 Å². The molecular formula is C37H56N2O2. The number of nitrogens with one attached hydrogen (secondary N) is 1. The standard InChI is InChI=1S/C37H56N2O2/c1-24(2)26-12-18-37(32(41)39-22-15-25-9-8-21-38-23-25)20-19-35(6)27(31(26)37)10-11-29-34(5)16-14-30(40)33(3,4)28(34)13-17-36(29,35)7/h8-9,21,23,26-31,40H,1,10-20,22H2,2-7H3,(H,39,41)/t26-,27+,28-,29+,30-,31+,34-,35+,36+,37-/m0/s1. The first-order valence-corrected chi connectivity index (χ1v) is 16.8. The number of aliphatic hydroxyl groups excluding tert-OH is 1. The van der Waals surface area contributed by atoms with Crippen LogP contribution >= 0.6 is 0 Å². The fraction of sp³-hybridized carbons (Fsp3) is 0.784. The molecule has 41 heavy (non-hydrogen) atoms. The zero-order chi connectivity index (χ0) is 29.4. The highest BCUT2D eigenvalue weighted by Gasteiger charge is 2.71. The third-order valence-corrected chi connectivity index (χ3v) is 14.9. The number of fused-ring (bicyclic) bond motifs is 7. The van der Waals surface area contributed by atoms with E-state index in [-0.39, 0.29) is 33.2 Å². The Hall–Kier alpha value is -1.68. The fourth-order valence-electron chi connectivity index (χ4n) is 12.6. The van der Waals surface area contributed by atoms with Gasteiger partial charge in [-0.3, -0.25) is 9.78 Å². The van der Waals surface area contributed by atoms with Crippen LogP contribution in [0.3, 0.4) is 0 Å². The van der Waals surface area contributed by atoms with Gasteiger partial charge >= 0.3 is 0 Å². The van der Waals surface area contributed by atoms with Crippen molar-refractivity contribution in [2.75, 3.05) is 6.54 Å². The summed E-state index contributed by atoms with van der Waals surface area (Å²) >= 11 is 0. The van der Waals surface area contributed by atoms with Crippen LogP contribution in [0.25, 0.3) is 0 Å². The van der Waals surface area contributed by atoms with Crippen LogP contribution in [0.15, 0.2) is 36.7 Å². The van der Waals surface area contributed by atoms with E-state index in [1.807, 2.05) is 18.5 Å². The Kier molecular flexibility index (Phi) is 7.12. The predicted molar refractivity (Wildman–Crippen MR) is 166 cm³/mol. The third kappa shape index (κ3) is 4.08. The summed E-state index contributed by atoms with van der Waals surface area (Å²) in [5.41, 5.74) is 2.97. The van der Waals surface area contributed by atoms with Crippen molar-refractivity contribution in [2.45, 2.75) is 118 Å². The van der Waals surface area contributed by atoms with Crippen LogP contribution in [-0.4, -0.2) is 28.6 Å². The van der Waals surface area contributed by atoms with E-state index in [0.717, 1.165) is 44.9 Å². The van der Waals surface area contributed by atoms with E-state index in [4.69, 9.17) is 0 Å². The molecule has 226 valence electrons. The van der Waals surface area contributed by atoms with Gasteiger partial charge in [-0.2, -0.15) is 0 Å². The SMILES string of the molecule is C=C(C)[C@@H]1CC[C@]2(C(=O)NCCc3cccnc3)CC[C@]3(C)[C@H](CC[C@@H]4[C@@]5(C)CC[C@H](O)C(C)(C)[C@@H]5CC[C@]43C)[C@@H]12. The van der Waals surface area contributed by atoms with Gasteiger partial charge in [0.1, 0.15) is 0 Å². The van der Waals surface area contributed by atoms with E-state index in [1.54, 1.807) is 0 Å². The molecule has 0 aliphatic heterocycles. The van der Waals surface area contributed by atoms with E-state index in [9.17, 15) is 9.90 Å². The maximum atomic E-state index is 14.3. The van der Waals surface area contributed by atoms with Gasteiger partial charge in [-0.25, -0.2) is 0 Å². The Labute approximate surface area is 249 Å². The van der Waals surface area contributed by atoms with Gasteiger partial charge in [-0.1, -0.05) is 52.8 Å². The summed E-state index contributed by atoms with van der Waals surface area (Å²) in [5.74, 6) is 2.98. The first kappa shape index (κ1) is 29.4. The van der Waals surface area contributed by atoms with Crippen LogP contribution in [0.5, 0.6) is 0 Å². The zero-order valence-corrected chi connectivity index (χ0v) is 26.8. The highest BCUT2D eigenvalue weighted by Crippen LogP contribution is 2.77. The van der Waals surface area contributed by atoms with Gasteiger partial charge in [0.15, 0.2) is 0 Å². The number of hydrogen-bond donors (Lipinski definition) is 2. The van der Waals surface area contributed by atoms with Gasteiger partial charge in [0.25, 0.3) is 0 Å². The second-order valence-corrected chi connectivity index (χ2v) is 16.6. The minimum atomic E-state index is -0.260. The molecule has 5 aliphatic carbocycles. The molecule has 5 saturated carbocycles. The number of carbonyl (C=O) groups excluding carboxylic acids is 1. The maximum absolute atomic E-state index is 14.3. The molecule has 10 atom stereocenters. The Morgan fingerprint density at radius 1 is 0.976 bits per heavy atom. The number of amides is 1. The summed E-state index contributed by atoms with van der Waals surface area (Å²) in [5, 5.41) is 14.5. The van der Waals surface area contributed by atoms with Crippen LogP contribution < -0.4 is 5.32 Å². The lowest BCUT2D eigenvalue weighted by Gasteiger charge is -2.72. The summed E-state index contributed by atoms with van der Waals surface area (Å²) in [4.78, 5) is 18.5. The predicted octanol–water partition coefficient (Wildman–Crippen LogP) is 7.76. The Balaban J connectivity index is 1.30. The Morgan fingerprint density at radius 2 is 1.76 bits per heavy atom. The number of nitrogens with zero attached hydrogens (tertiary/aromatic N) is 1. The number of aromatic nitrogens is 1. The van der Waals surface area contributed by atoms with Crippen LogP contribution in [-0.2, 0) is 11.2 Å². The summed E-state index contributed by atoms with van der Waals surface area (Å²) in [6.07, 6.45) is 15.7. The van der Waals surface area contributed by atoms with E-state index in [2.05, 4.69) is 64.5 Å². The van der Waals surface area contributed by atoms with Crippen molar-refractivity contribution in [3.05, 3.63) is 42.2 Å². The van der Waals surface area contributed by atoms with Crippen LogP contribution in [0.4, 0.5) is 0 Å². The first-order valence-electron chi connectivity index (χ1n) is 16.8. The summed E-state index contributed by atoms with van der Waals surface area (Å²) in [7, 11) is 0. The molecular weight excluding hydrogens is 504 g/mol. The van der Waals surface area contributed by atoms with E-state index < -0.39 is 0 Å². The molecule has 4 nitrogen and oxygen atoms in total. The average molecular weight is 561 g/mol. The Bertz CT molecular complexity index is 1180. The van der Waals surface area contributed by atoms with E-state index >= 15 is 0 Å². The normalized spacial score (nSPS) is 46.4. The molecule has 2 N–H and O–H groups in total. The monoisotopic (exact) mass is 560 g/mol. The van der Waals surface area contributed by atoms with Gasteiger partial charge in [0.2, 0.25) is 5.91 Å². The molecule has 0 bridgehead atoms. The van der Waals surface area contributed by atoms with Gasteiger partial charge in [0.05, 0.1) is 11.5 Å². The number of carbonyl (C=O) groups is 1. The van der Waals surface area contributed by atoms with Crippen molar-refractivity contribution in [1.29, 1.82) is 0 Å². The number of aliphatic hydroxyl groups is 1. The average Bonchev–Trinajstić information content (AvgIpc) is 3.33. The topological polar surface area (TPSA) is 62.2 Å². The molecule has 1 heterocycles. The van der Waals surface area contributed by atoms with Crippen molar-refractivity contribution in [1.82, 2.24) is 10.3 Å². The zero-order valence-electron chi connectivity index (χ0n) is 26.8. The second kappa shape index (κ2) is 9.93. The van der Waals surface area contributed by atoms with Crippen molar-refractivity contribution in [2.24, 2.45) is 56.7 Å². The Morgan fingerprint density at radius 3 is 2.46 bits per heavy atom. The largest absolute Gasteiger partial charge is 0.393 e. The number of rotatable bonds is 5. The minimum Gasteiger partial charge on any atom is -0.393 e. The first-order chi connectivity index (χ1) is 19.3. The molecule has 4 heteroatoms. The maximum Gasteiger partial charge on any atom is 0.226 e. The molecule has 5 fully saturated rings. The van der Waals surface area contributed by atoms with Gasteiger partial charge in [-0.05, 0) is 140 Å². The lowest BCUT2D eigenvalue weighted by molar-refractivity contribution is -0.246.